The molecule has 1 aliphatic heterocycles. The number of aliphatic hydroxyl groups excluding tert-OH is 1. The zero-order valence-corrected chi connectivity index (χ0v) is 12.1. The molecule has 1 fully saturated rings. The maximum atomic E-state index is 9.41. The average Bonchev–Trinajstić information content (AvgIpc) is 3.01. The second-order valence-corrected chi connectivity index (χ2v) is 5.47. The molecule has 21 heavy (non-hydrogen) atoms. The molecule has 0 radical (unpaired) electrons. The number of aliphatic hydroxyl groups is 1. The summed E-state index contributed by atoms with van der Waals surface area (Å²) in [6, 6.07) is 0.345. The molecule has 0 aliphatic carbocycles. The van der Waals surface area contributed by atoms with Crippen LogP contribution in [0.3, 0.4) is 0 Å². The Hall–Kier alpha value is -1.73. The Morgan fingerprint density at radius 3 is 3.19 bits per heavy atom. The Labute approximate surface area is 123 Å². The minimum absolute atomic E-state index is 0.272. The van der Waals surface area contributed by atoms with E-state index in [2.05, 4.69) is 30.2 Å². The van der Waals surface area contributed by atoms with Gasteiger partial charge in [0.1, 0.15) is 11.8 Å². The van der Waals surface area contributed by atoms with E-state index in [1.165, 1.54) is 19.2 Å². The molecule has 1 unspecified atom stereocenters. The number of hydrogen-bond donors (Lipinski definition) is 3. The van der Waals surface area contributed by atoms with Crippen molar-refractivity contribution in [1.29, 1.82) is 0 Å². The van der Waals surface area contributed by atoms with Crippen LogP contribution < -0.4 is 5.32 Å². The molecule has 3 heterocycles. The number of piperidine rings is 1. The number of aromatic nitrogens is 4. The van der Waals surface area contributed by atoms with E-state index in [1.54, 1.807) is 6.33 Å². The third-order valence-corrected chi connectivity index (χ3v) is 4.10. The van der Waals surface area contributed by atoms with E-state index in [0.717, 1.165) is 43.8 Å². The van der Waals surface area contributed by atoms with Gasteiger partial charge in [-0.1, -0.05) is 6.42 Å². The fraction of sp³-hybridized carbons (Fsp3) is 0.643. The summed E-state index contributed by atoms with van der Waals surface area (Å²) in [6.07, 6.45) is 7.77. The lowest BCUT2D eigenvalue weighted by atomic mass is 10.0. The van der Waals surface area contributed by atoms with E-state index in [9.17, 15) is 5.11 Å². The van der Waals surface area contributed by atoms with Gasteiger partial charge in [0.15, 0.2) is 11.5 Å². The van der Waals surface area contributed by atoms with E-state index in [0.29, 0.717) is 11.7 Å². The van der Waals surface area contributed by atoms with Crippen molar-refractivity contribution in [3.05, 3.63) is 12.7 Å². The smallest absolute Gasteiger partial charge is 0.182 e. The summed E-state index contributed by atoms with van der Waals surface area (Å²) in [5, 5.41) is 12.7. The molecule has 1 aliphatic rings. The second kappa shape index (κ2) is 6.82. The number of likely N-dealkylation sites (tertiary alicyclic amines) is 1. The van der Waals surface area contributed by atoms with Crippen molar-refractivity contribution in [2.24, 2.45) is 0 Å². The van der Waals surface area contributed by atoms with E-state index >= 15 is 0 Å². The summed E-state index contributed by atoms with van der Waals surface area (Å²) in [7, 11) is 0. The van der Waals surface area contributed by atoms with Gasteiger partial charge in [-0.05, 0) is 25.8 Å². The van der Waals surface area contributed by atoms with Gasteiger partial charge in [-0.2, -0.15) is 0 Å². The van der Waals surface area contributed by atoms with Crippen LogP contribution in [0.5, 0.6) is 0 Å². The highest BCUT2D eigenvalue weighted by molar-refractivity contribution is 5.81. The van der Waals surface area contributed by atoms with Crippen molar-refractivity contribution < 1.29 is 5.11 Å². The van der Waals surface area contributed by atoms with Crippen LogP contribution in [0.25, 0.3) is 11.2 Å². The molecular weight excluding hydrogens is 268 g/mol. The normalized spacial score (nSPS) is 20.0. The largest absolute Gasteiger partial charge is 0.395 e. The fourth-order valence-electron chi connectivity index (χ4n) is 2.95. The summed E-state index contributed by atoms with van der Waals surface area (Å²) in [6.45, 7) is 3.23. The summed E-state index contributed by atoms with van der Waals surface area (Å²) in [4.78, 5) is 17.9. The lowest BCUT2D eigenvalue weighted by molar-refractivity contribution is 0.0901. The molecule has 3 N–H and O–H groups in total. The first kappa shape index (κ1) is 14.2. The molecule has 1 atom stereocenters. The second-order valence-electron chi connectivity index (χ2n) is 5.47. The molecule has 3 rings (SSSR count). The minimum atomic E-state index is 0.272. The van der Waals surface area contributed by atoms with Gasteiger partial charge in [0.05, 0.1) is 12.9 Å². The molecule has 2 aromatic heterocycles. The van der Waals surface area contributed by atoms with Crippen LogP contribution in [0.4, 0.5) is 5.82 Å². The van der Waals surface area contributed by atoms with Crippen LogP contribution in [-0.4, -0.2) is 62.2 Å². The summed E-state index contributed by atoms with van der Waals surface area (Å²) < 4.78 is 0. The lowest BCUT2D eigenvalue weighted by Crippen LogP contribution is -2.42. The van der Waals surface area contributed by atoms with Gasteiger partial charge in [-0.25, -0.2) is 15.0 Å². The molecule has 114 valence electrons. The number of anilines is 1. The van der Waals surface area contributed by atoms with Gasteiger partial charge in [-0.3, -0.25) is 4.90 Å². The zero-order valence-electron chi connectivity index (χ0n) is 12.1. The fourth-order valence-corrected chi connectivity index (χ4v) is 2.95. The summed E-state index contributed by atoms with van der Waals surface area (Å²) >= 11 is 0. The van der Waals surface area contributed by atoms with Gasteiger partial charge in [-0.15, -0.1) is 0 Å². The average molecular weight is 290 g/mol. The Kier molecular flexibility index (Phi) is 4.62. The predicted octanol–water partition coefficient (Wildman–Crippen LogP) is 1.00. The Balaban J connectivity index is 1.49. The van der Waals surface area contributed by atoms with Gasteiger partial charge in [0, 0.05) is 19.1 Å². The van der Waals surface area contributed by atoms with Crippen LogP contribution in [0.15, 0.2) is 12.7 Å². The molecule has 2 aromatic rings. The molecule has 7 nitrogen and oxygen atoms in total. The molecule has 1 saturated heterocycles. The van der Waals surface area contributed by atoms with E-state index < -0.39 is 0 Å². The Morgan fingerprint density at radius 2 is 2.29 bits per heavy atom. The van der Waals surface area contributed by atoms with Crippen molar-refractivity contribution in [2.75, 3.05) is 31.6 Å². The molecule has 0 bridgehead atoms. The number of imidazole rings is 1. The van der Waals surface area contributed by atoms with Crippen LogP contribution in [0.1, 0.15) is 25.7 Å². The van der Waals surface area contributed by atoms with E-state index in [-0.39, 0.29) is 6.61 Å². The third-order valence-electron chi connectivity index (χ3n) is 4.10. The highest BCUT2D eigenvalue weighted by Gasteiger charge is 2.20. The highest BCUT2D eigenvalue weighted by atomic mass is 16.3. The molecule has 0 saturated carbocycles. The Morgan fingerprint density at radius 1 is 1.33 bits per heavy atom. The van der Waals surface area contributed by atoms with Gasteiger partial charge >= 0.3 is 0 Å². The first-order valence-electron chi connectivity index (χ1n) is 7.61. The topological polar surface area (TPSA) is 90.0 Å². The lowest BCUT2D eigenvalue weighted by Gasteiger charge is -2.34. The third kappa shape index (κ3) is 3.30. The van der Waals surface area contributed by atoms with Gasteiger partial charge in [0.2, 0.25) is 0 Å². The number of hydrogen-bond acceptors (Lipinski definition) is 6. The number of fused-ring (bicyclic) bond motifs is 1. The summed E-state index contributed by atoms with van der Waals surface area (Å²) in [5.74, 6) is 0.801. The SMILES string of the molecule is OCC1CCCCN1CCCNc1ncnc2nc[nH]c12. The maximum absolute atomic E-state index is 9.41. The monoisotopic (exact) mass is 290 g/mol. The van der Waals surface area contributed by atoms with Crippen LogP contribution in [0, 0.1) is 0 Å². The van der Waals surface area contributed by atoms with Crippen LogP contribution in [-0.2, 0) is 0 Å². The predicted molar refractivity (Wildman–Crippen MR) is 81.1 cm³/mol. The van der Waals surface area contributed by atoms with Crippen molar-refractivity contribution in [1.82, 2.24) is 24.8 Å². The van der Waals surface area contributed by atoms with Crippen molar-refractivity contribution in [2.45, 2.75) is 31.7 Å². The van der Waals surface area contributed by atoms with Crippen LogP contribution >= 0.6 is 0 Å². The highest BCUT2D eigenvalue weighted by Crippen LogP contribution is 2.17. The first-order chi connectivity index (χ1) is 10.4. The molecule has 7 heteroatoms. The molecule has 0 spiro atoms. The molecule has 0 aromatic carbocycles. The first-order valence-corrected chi connectivity index (χ1v) is 7.61. The zero-order chi connectivity index (χ0) is 14.5. The standard InChI is InChI=1S/C14H22N6O/c21-8-11-4-1-2-6-20(11)7-3-5-15-13-12-14(17-9-16-12)19-10-18-13/h9-11,21H,1-8H2,(H2,15,16,17,18,19). The van der Waals surface area contributed by atoms with Crippen LogP contribution in [0.2, 0.25) is 0 Å². The number of nitrogens with one attached hydrogen (secondary N) is 2. The molecule has 0 amide bonds. The van der Waals surface area contributed by atoms with Gasteiger partial charge < -0.3 is 15.4 Å². The maximum Gasteiger partial charge on any atom is 0.182 e. The van der Waals surface area contributed by atoms with E-state index in [4.69, 9.17) is 0 Å². The summed E-state index contributed by atoms with van der Waals surface area (Å²) in [5.41, 5.74) is 1.53. The van der Waals surface area contributed by atoms with Crippen molar-refractivity contribution in [3.8, 4) is 0 Å². The quantitative estimate of drug-likeness (QED) is 0.688. The number of H-pyrrole nitrogens is 1. The number of rotatable bonds is 6. The number of aromatic amines is 1. The van der Waals surface area contributed by atoms with Crippen molar-refractivity contribution >= 4 is 17.0 Å². The molecular formula is C14H22N6O. The van der Waals surface area contributed by atoms with Gasteiger partial charge in [0.25, 0.3) is 0 Å². The Bertz CT molecular complexity index is 571. The van der Waals surface area contributed by atoms with E-state index in [1.807, 2.05) is 0 Å². The minimum Gasteiger partial charge on any atom is -0.395 e. The van der Waals surface area contributed by atoms with Crippen molar-refractivity contribution in [3.63, 3.8) is 0 Å². The number of nitrogens with zero attached hydrogens (tertiary/aromatic N) is 4.